The van der Waals surface area contributed by atoms with Crippen LogP contribution in [0.1, 0.15) is 22.8 Å². The maximum Gasteiger partial charge on any atom is 0.254 e. The van der Waals surface area contributed by atoms with Crippen LogP contribution in [-0.2, 0) is 4.79 Å². The van der Waals surface area contributed by atoms with E-state index in [0.29, 0.717) is 28.7 Å². The third kappa shape index (κ3) is 3.00. The van der Waals surface area contributed by atoms with Crippen molar-refractivity contribution in [3.05, 3.63) is 53.6 Å². The van der Waals surface area contributed by atoms with Crippen molar-refractivity contribution in [1.29, 1.82) is 5.26 Å². The fourth-order valence-corrected chi connectivity index (χ4v) is 3.23. The zero-order chi connectivity index (χ0) is 19.0. The quantitative estimate of drug-likeness (QED) is 0.749. The number of nitrogens with one attached hydrogen (secondary N) is 1. The Hall–Kier alpha value is -3.73. The molecule has 2 heterocycles. The summed E-state index contributed by atoms with van der Waals surface area (Å²) in [6.07, 6.45) is 0. The number of hydrogen-bond donors (Lipinski definition) is 1. The number of carbonyl (C=O) groups excluding carboxylic acids is 2. The fourth-order valence-electron chi connectivity index (χ4n) is 3.23. The minimum Gasteiger partial charge on any atom is -0.325 e. The lowest BCUT2D eigenvalue weighted by atomic mass is 10.1. The number of piperazine rings is 1. The molecule has 134 valence electrons. The topological polar surface area (TPSA) is 106 Å². The van der Waals surface area contributed by atoms with E-state index in [1.54, 1.807) is 52.3 Å². The molecule has 0 spiro atoms. The summed E-state index contributed by atoms with van der Waals surface area (Å²) < 4.78 is 0. The van der Waals surface area contributed by atoms with E-state index in [-0.39, 0.29) is 24.4 Å². The first kappa shape index (κ1) is 16.7. The number of H-pyrrole nitrogens is 1. The molecule has 3 aromatic rings. The van der Waals surface area contributed by atoms with Crippen molar-refractivity contribution in [2.45, 2.75) is 13.0 Å². The predicted molar refractivity (Wildman–Crippen MR) is 97.9 cm³/mol. The van der Waals surface area contributed by atoms with Gasteiger partial charge in [-0.25, -0.2) is 0 Å². The molecule has 1 saturated heterocycles. The van der Waals surface area contributed by atoms with Crippen molar-refractivity contribution < 1.29 is 9.59 Å². The van der Waals surface area contributed by atoms with E-state index in [0.717, 1.165) is 5.69 Å². The first-order valence-corrected chi connectivity index (χ1v) is 8.49. The van der Waals surface area contributed by atoms with Gasteiger partial charge in [0, 0.05) is 23.8 Å². The van der Waals surface area contributed by atoms with E-state index in [9.17, 15) is 9.59 Å². The Kier molecular flexibility index (Phi) is 4.05. The summed E-state index contributed by atoms with van der Waals surface area (Å²) in [5.74, 6) is -0.367. The lowest BCUT2D eigenvalue weighted by Gasteiger charge is -2.39. The molecule has 0 bridgehead atoms. The maximum absolute atomic E-state index is 12.9. The van der Waals surface area contributed by atoms with Crippen molar-refractivity contribution in [2.24, 2.45) is 0 Å². The molecule has 0 saturated carbocycles. The van der Waals surface area contributed by atoms with Crippen LogP contribution in [0.15, 0.2) is 42.5 Å². The first-order valence-electron chi connectivity index (χ1n) is 8.49. The van der Waals surface area contributed by atoms with Crippen LogP contribution < -0.4 is 4.90 Å². The molecule has 4 rings (SSSR count). The summed E-state index contributed by atoms with van der Waals surface area (Å²) in [5.41, 5.74) is 3.03. The molecular weight excluding hydrogens is 344 g/mol. The van der Waals surface area contributed by atoms with E-state index in [1.807, 2.05) is 6.92 Å². The second-order valence-electron chi connectivity index (χ2n) is 6.47. The van der Waals surface area contributed by atoms with Gasteiger partial charge in [0.2, 0.25) is 5.91 Å². The molecule has 8 nitrogen and oxygen atoms in total. The molecule has 0 radical (unpaired) electrons. The second-order valence-corrected chi connectivity index (χ2v) is 6.47. The zero-order valence-electron chi connectivity index (χ0n) is 14.6. The highest BCUT2D eigenvalue weighted by atomic mass is 16.2. The molecule has 1 N–H and O–H groups in total. The molecule has 1 atom stereocenters. The van der Waals surface area contributed by atoms with Crippen LogP contribution in [0.3, 0.4) is 0 Å². The molecule has 1 unspecified atom stereocenters. The van der Waals surface area contributed by atoms with Gasteiger partial charge in [-0.3, -0.25) is 9.59 Å². The monoisotopic (exact) mass is 360 g/mol. The van der Waals surface area contributed by atoms with E-state index in [1.165, 1.54) is 0 Å². The molecule has 2 aromatic carbocycles. The minimum atomic E-state index is -0.208. The van der Waals surface area contributed by atoms with Gasteiger partial charge in [0.1, 0.15) is 17.6 Å². The number of hydrogen-bond acceptors (Lipinski definition) is 5. The normalized spacial score (nSPS) is 17.2. The van der Waals surface area contributed by atoms with Gasteiger partial charge in [0.15, 0.2) is 0 Å². The highest BCUT2D eigenvalue weighted by molar-refractivity contribution is 6.03. The Morgan fingerprint density at radius 3 is 2.67 bits per heavy atom. The number of aromatic nitrogens is 3. The lowest BCUT2D eigenvalue weighted by Crippen LogP contribution is -2.57. The summed E-state index contributed by atoms with van der Waals surface area (Å²) in [4.78, 5) is 28.8. The lowest BCUT2D eigenvalue weighted by molar-refractivity contribution is -0.121. The van der Waals surface area contributed by atoms with Crippen LogP contribution >= 0.6 is 0 Å². The number of nitrogens with zero attached hydrogens (tertiary/aromatic N) is 5. The van der Waals surface area contributed by atoms with E-state index >= 15 is 0 Å². The Balaban J connectivity index is 1.55. The van der Waals surface area contributed by atoms with Crippen LogP contribution in [0.25, 0.3) is 11.0 Å². The fraction of sp³-hybridized carbons (Fsp3) is 0.211. The van der Waals surface area contributed by atoms with Crippen molar-refractivity contribution in [3.8, 4) is 6.07 Å². The Labute approximate surface area is 155 Å². The number of aromatic amines is 1. The predicted octanol–water partition coefficient (Wildman–Crippen LogP) is 1.71. The number of benzene rings is 2. The Bertz CT molecular complexity index is 1070. The molecule has 0 aliphatic carbocycles. The number of nitriles is 1. The summed E-state index contributed by atoms with van der Waals surface area (Å²) >= 11 is 0. The molecule has 1 aliphatic rings. The summed E-state index contributed by atoms with van der Waals surface area (Å²) in [6.45, 7) is 2.30. The summed E-state index contributed by atoms with van der Waals surface area (Å²) in [5, 5.41) is 19.4. The summed E-state index contributed by atoms with van der Waals surface area (Å²) in [6, 6.07) is 13.9. The highest BCUT2D eigenvalue weighted by Gasteiger charge is 2.33. The van der Waals surface area contributed by atoms with Gasteiger partial charge >= 0.3 is 0 Å². The van der Waals surface area contributed by atoms with Crippen LogP contribution in [0.2, 0.25) is 0 Å². The SMILES string of the molecule is CC1CN(c2ccc(C#N)cc2)C(=O)CN1C(=O)c1ccc2n[nH]nc2c1. The minimum absolute atomic E-state index is 0.00312. The van der Waals surface area contributed by atoms with E-state index in [4.69, 9.17) is 5.26 Å². The Morgan fingerprint density at radius 2 is 1.93 bits per heavy atom. The van der Waals surface area contributed by atoms with Gasteiger partial charge in [-0.05, 0) is 49.4 Å². The van der Waals surface area contributed by atoms with Gasteiger partial charge in [-0.15, -0.1) is 0 Å². The molecule has 2 amide bonds. The zero-order valence-corrected chi connectivity index (χ0v) is 14.6. The molecule has 27 heavy (non-hydrogen) atoms. The molecule has 8 heteroatoms. The van der Waals surface area contributed by atoms with Crippen molar-refractivity contribution in [3.63, 3.8) is 0 Å². The van der Waals surface area contributed by atoms with Gasteiger partial charge < -0.3 is 9.80 Å². The maximum atomic E-state index is 12.9. The third-order valence-corrected chi connectivity index (χ3v) is 4.72. The van der Waals surface area contributed by atoms with Gasteiger partial charge in [-0.1, -0.05) is 0 Å². The number of amides is 2. The summed E-state index contributed by atoms with van der Waals surface area (Å²) in [7, 11) is 0. The smallest absolute Gasteiger partial charge is 0.254 e. The van der Waals surface area contributed by atoms with Crippen LogP contribution in [0.4, 0.5) is 5.69 Å². The van der Waals surface area contributed by atoms with E-state index in [2.05, 4.69) is 21.5 Å². The van der Waals surface area contributed by atoms with Gasteiger partial charge in [-0.2, -0.15) is 20.7 Å². The number of carbonyl (C=O) groups is 2. The number of anilines is 1. The molecule has 1 fully saturated rings. The molecule has 1 aliphatic heterocycles. The van der Waals surface area contributed by atoms with Crippen LogP contribution in [-0.4, -0.2) is 51.3 Å². The van der Waals surface area contributed by atoms with Crippen molar-refractivity contribution in [2.75, 3.05) is 18.0 Å². The second kappa shape index (κ2) is 6.53. The van der Waals surface area contributed by atoms with E-state index < -0.39 is 0 Å². The van der Waals surface area contributed by atoms with Crippen LogP contribution in [0.5, 0.6) is 0 Å². The highest BCUT2D eigenvalue weighted by Crippen LogP contribution is 2.22. The Morgan fingerprint density at radius 1 is 1.19 bits per heavy atom. The third-order valence-electron chi connectivity index (χ3n) is 4.72. The average molecular weight is 360 g/mol. The van der Waals surface area contributed by atoms with Crippen molar-refractivity contribution >= 4 is 28.5 Å². The molecular formula is C19H16N6O2. The first-order chi connectivity index (χ1) is 13.1. The standard InChI is InChI=1S/C19H16N6O2/c1-12-10-25(15-5-2-13(9-20)3-6-15)18(26)11-24(12)19(27)14-4-7-16-17(8-14)22-23-21-16/h2-8,12H,10-11H2,1H3,(H,21,22,23). The largest absolute Gasteiger partial charge is 0.325 e. The van der Waals surface area contributed by atoms with Crippen LogP contribution in [0, 0.1) is 11.3 Å². The average Bonchev–Trinajstić information content (AvgIpc) is 3.17. The number of rotatable bonds is 2. The van der Waals surface area contributed by atoms with Gasteiger partial charge in [0.25, 0.3) is 5.91 Å². The van der Waals surface area contributed by atoms with Crippen molar-refractivity contribution in [1.82, 2.24) is 20.3 Å². The molecule has 1 aromatic heterocycles. The number of fused-ring (bicyclic) bond motifs is 1. The van der Waals surface area contributed by atoms with Gasteiger partial charge in [0.05, 0.1) is 11.6 Å².